The molecule has 0 saturated heterocycles. The highest BCUT2D eigenvalue weighted by Gasteiger charge is 2.26. The molecule has 0 saturated carbocycles. The van der Waals surface area contributed by atoms with Crippen LogP contribution in [0.25, 0.3) is 0 Å². The molecule has 0 amide bonds. The normalized spacial score (nSPS) is 11.7. The second-order valence-electron chi connectivity index (χ2n) is 11.7. The van der Waals surface area contributed by atoms with Gasteiger partial charge in [0.15, 0.2) is 12.4 Å². The van der Waals surface area contributed by atoms with E-state index in [0.29, 0.717) is 11.5 Å². The van der Waals surface area contributed by atoms with E-state index in [9.17, 15) is 8.42 Å². The van der Waals surface area contributed by atoms with Crippen LogP contribution in [0.1, 0.15) is 106 Å². The monoisotopic (exact) mass is 593 g/mol. The van der Waals surface area contributed by atoms with E-state index in [1.807, 2.05) is 80.3 Å². The molecule has 0 fully saturated rings. The Morgan fingerprint density at radius 3 is 1.98 bits per heavy atom. The number of ether oxygens (including phenoxy) is 1. The molecule has 1 heterocycles. The topological polar surface area (TPSA) is 50.5 Å². The molecule has 2 aromatic carbocycles. The van der Waals surface area contributed by atoms with Gasteiger partial charge in [0.25, 0.3) is 0 Å². The minimum absolute atomic E-state index is 0.274. The van der Waals surface area contributed by atoms with E-state index in [1.54, 1.807) is 16.4 Å². The van der Waals surface area contributed by atoms with E-state index in [2.05, 4.69) is 6.92 Å². The maximum absolute atomic E-state index is 13.8. The number of aryl methyl sites for hydroxylation is 2. The molecular weight excluding hydrogens is 540 g/mol. The van der Waals surface area contributed by atoms with Crippen LogP contribution in [0.2, 0.25) is 0 Å². The number of unbranched alkanes of at least 4 members (excludes halogenated alkanes) is 11. The number of pyridine rings is 1. The van der Waals surface area contributed by atoms with Crippen molar-refractivity contribution < 1.29 is 17.7 Å². The molecule has 0 radical (unpaired) electrons. The Morgan fingerprint density at radius 1 is 0.738 bits per heavy atom. The first-order chi connectivity index (χ1) is 20.3. The molecule has 0 spiro atoms. The van der Waals surface area contributed by atoms with Crippen molar-refractivity contribution in [2.24, 2.45) is 7.05 Å². The van der Waals surface area contributed by atoms with Gasteiger partial charge in [-0.05, 0) is 55.7 Å². The molecule has 0 atom stereocenters. The molecule has 3 aromatic rings. The Balaban J connectivity index is 1.55. The van der Waals surface area contributed by atoms with Crippen molar-refractivity contribution in [3.63, 3.8) is 0 Å². The highest BCUT2D eigenvalue weighted by molar-refractivity contribution is 7.89. The van der Waals surface area contributed by atoms with Gasteiger partial charge >= 0.3 is 0 Å². The number of hydrogen-bond acceptors (Lipinski definition) is 3. The Morgan fingerprint density at radius 2 is 1.36 bits per heavy atom. The van der Waals surface area contributed by atoms with Crippen LogP contribution in [0.15, 0.2) is 71.9 Å². The van der Waals surface area contributed by atoms with Crippen LogP contribution in [-0.4, -0.2) is 19.3 Å². The van der Waals surface area contributed by atoms with E-state index < -0.39 is 10.0 Å². The molecule has 1 aromatic heterocycles. The summed E-state index contributed by atoms with van der Waals surface area (Å²) in [5.74, 6) is 0.842. The van der Waals surface area contributed by atoms with Crippen LogP contribution in [0.3, 0.4) is 0 Å². The summed E-state index contributed by atoms with van der Waals surface area (Å²) >= 11 is 0. The molecule has 0 N–H and O–H groups in total. The van der Waals surface area contributed by atoms with Gasteiger partial charge < -0.3 is 4.74 Å². The lowest BCUT2D eigenvalue weighted by atomic mass is 10.1. The van der Waals surface area contributed by atoms with E-state index in [-0.39, 0.29) is 13.1 Å². The summed E-state index contributed by atoms with van der Waals surface area (Å²) < 4.78 is 37.4. The smallest absolute Gasteiger partial charge is 0.243 e. The lowest BCUT2D eigenvalue weighted by Crippen LogP contribution is -2.33. The van der Waals surface area contributed by atoms with Crippen LogP contribution < -0.4 is 9.30 Å². The molecule has 42 heavy (non-hydrogen) atoms. The first kappa shape index (κ1) is 33.8. The van der Waals surface area contributed by atoms with Gasteiger partial charge in [-0.25, -0.2) is 13.0 Å². The van der Waals surface area contributed by atoms with Crippen molar-refractivity contribution in [2.75, 3.05) is 6.61 Å². The standard InChI is InChI=1S/C36H53N2O3S/c1-5-6-7-8-9-10-11-12-13-14-15-16-27-41-36-21-17-20-34(32(36)3)30-38(29-33-19-18-26-37(4)28-33)42(39,40)35-24-22-31(2)23-25-35/h17-26,28H,5-16,27,29-30H2,1-4H3/q+1. The molecule has 0 aliphatic rings. The highest BCUT2D eigenvalue weighted by Crippen LogP contribution is 2.27. The zero-order valence-electron chi connectivity index (χ0n) is 26.5. The van der Waals surface area contributed by atoms with Gasteiger partial charge in [0.1, 0.15) is 12.8 Å². The lowest BCUT2D eigenvalue weighted by Gasteiger charge is -2.24. The first-order valence-electron chi connectivity index (χ1n) is 16.0. The second-order valence-corrected chi connectivity index (χ2v) is 13.7. The molecule has 0 aliphatic heterocycles. The summed E-state index contributed by atoms with van der Waals surface area (Å²) in [5.41, 5.74) is 3.93. The third kappa shape index (κ3) is 11.2. The molecule has 6 heteroatoms. The number of hydrogen-bond donors (Lipinski definition) is 0. The summed E-state index contributed by atoms with van der Waals surface area (Å²) in [5, 5.41) is 0. The Labute approximate surface area is 256 Å². The molecule has 3 rings (SSSR count). The van der Waals surface area contributed by atoms with Crippen LogP contribution in [0, 0.1) is 13.8 Å². The number of aromatic nitrogens is 1. The quantitative estimate of drug-likeness (QED) is 0.0974. The van der Waals surface area contributed by atoms with E-state index in [4.69, 9.17) is 4.74 Å². The van der Waals surface area contributed by atoms with Gasteiger partial charge in [-0.3, -0.25) is 0 Å². The Hall–Kier alpha value is -2.70. The number of benzene rings is 2. The van der Waals surface area contributed by atoms with Crippen LogP contribution in [0.5, 0.6) is 5.75 Å². The van der Waals surface area contributed by atoms with Crippen molar-refractivity contribution in [3.05, 3.63) is 89.2 Å². The minimum Gasteiger partial charge on any atom is -0.493 e. The second kappa shape index (κ2) is 18.1. The molecule has 230 valence electrons. The average molecular weight is 594 g/mol. The van der Waals surface area contributed by atoms with Gasteiger partial charge in [-0.2, -0.15) is 4.31 Å². The minimum atomic E-state index is -3.71. The van der Waals surface area contributed by atoms with E-state index in [1.165, 1.54) is 70.6 Å². The predicted octanol–water partition coefficient (Wildman–Crippen LogP) is 8.60. The zero-order valence-corrected chi connectivity index (χ0v) is 27.3. The summed E-state index contributed by atoms with van der Waals surface area (Å²) in [6.45, 7) is 7.52. The van der Waals surface area contributed by atoms with Crippen LogP contribution in [0.4, 0.5) is 0 Å². The maximum atomic E-state index is 13.8. The van der Waals surface area contributed by atoms with Crippen molar-refractivity contribution in [1.82, 2.24) is 4.31 Å². The van der Waals surface area contributed by atoms with Gasteiger partial charge in [-0.1, -0.05) is 107 Å². The summed E-state index contributed by atoms with van der Waals surface area (Å²) in [6, 6.07) is 17.0. The van der Waals surface area contributed by atoms with Crippen LogP contribution >= 0.6 is 0 Å². The first-order valence-corrected chi connectivity index (χ1v) is 17.5. The maximum Gasteiger partial charge on any atom is 0.243 e. The predicted molar refractivity (Wildman–Crippen MR) is 173 cm³/mol. The molecule has 5 nitrogen and oxygen atoms in total. The van der Waals surface area contributed by atoms with Gasteiger partial charge in [-0.15, -0.1) is 0 Å². The highest BCUT2D eigenvalue weighted by atomic mass is 32.2. The SMILES string of the molecule is CCCCCCCCCCCCCCOc1cccc(CN(Cc2ccc[n+](C)c2)S(=O)(=O)c2ccc(C)cc2)c1C. The largest absolute Gasteiger partial charge is 0.493 e. The number of nitrogens with zero attached hydrogens (tertiary/aromatic N) is 2. The van der Waals surface area contributed by atoms with Crippen LogP contribution in [-0.2, 0) is 30.2 Å². The summed E-state index contributed by atoms with van der Waals surface area (Å²) in [4.78, 5) is 0.311. The molecule has 0 aliphatic carbocycles. The Bertz CT molecular complexity index is 1310. The third-order valence-corrected chi connectivity index (χ3v) is 9.82. The fourth-order valence-electron chi connectivity index (χ4n) is 5.34. The van der Waals surface area contributed by atoms with Crippen molar-refractivity contribution in [3.8, 4) is 5.75 Å². The van der Waals surface area contributed by atoms with E-state index >= 15 is 0 Å². The fourth-order valence-corrected chi connectivity index (χ4v) is 6.74. The lowest BCUT2D eigenvalue weighted by molar-refractivity contribution is -0.672. The zero-order chi connectivity index (χ0) is 30.2. The average Bonchev–Trinajstić information content (AvgIpc) is 2.97. The number of sulfonamides is 1. The van der Waals surface area contributed by atoms with Gasteiger partial charge in [0, 0.05) is 24.7 Å². The van der Waals surface area contributed by atoms with Gasteiger partial charge in [0.2, 0.25) is 10.0 Å². The third-order valence-electron chi connectivity index (χ3n) is 8.02. The number of rotatable bonds is 20. The van der Waals surface area contributed by atoms with Crippen molar-refractivity contribution in [2.45, 2.75) is 116 Å². The Kier molecular flexibility index (Phi) is 14.5. The molecule has 0 bridgehead atoms. The fraction of sp³-hybridized carbons (Fsp3) is 0.528. The summed E-state index contributed by atoms with van der Waals surface area (Å²) in [6.07, 6.45) is 19.7. The summed E-state index contributed by atoms with van der Waals surface area (Å²) in [7, 11) is -1.77. The molecule has 0 unspecified atom stereocenters. The molecular formula is C36H53N2O3S+. The van der Waals surface area contributed by atoms with E-state index in [0.717, 1.165) is 34.4 Å². The van der Waals surface area contributed by atoms with Crippen molar-refractivity contribution in [1.29, 1.82) is 0 Å². The van der Waals surface area contributed by atoms with Crippen molar-refractivity contribution >= 4 is 10.0 Å². The van der Waals surface area contributed by atoms with Gasteiger partial charge in [0.05, 0.1) is 11.5 Å².